The molecule has 3 aromatic heterocycles. The number of fused-ring (bicyclic) bond motifs is 3. The van der Waals surface area contributed by atoms with Crippen LogP contribution in [-0.2, 0) is 94.4 Å². The molecule has 0 aliphatic carbocycles. The Morgan fingerprint density at radius 2 is 0.827 bits per heavy atom. The Morgan fingerprint density at radius 1 is 0.417 bits per heavy atom. The van der Waals surface area contributed by atoms with Crippen LogP contribution < -0.4 is 81.2 Å². The fourth-order valence-electron chi connectivity index (χ4n) is 16.7. The number of carboxylic acid groups (broad SMARTS) is 3. The topological polar surface area (TPSA) is 668 Å². The number of carboxylic acids is 3. The lowest BCUT2D eigenvalue weighted by Crippen LogP contribution is -2.62. The molecule has 2 fully saturated rings. The molecule has 9 atom stereocenters. The number of furan rings is 1. The maximum atomic E-state index is 15.5. The van der Waals surface area contributed by atoms with Crippen molar-refractivity contribution in [1.82, 2.24) is 98.5 Å². The quantitative estimate of drug-likeness (QED) is 0.00693. The van der Waals surface area contributed by atoms with Crippen LogP contribution in [0.25, 0.3) is 32.6 Å². The molecule has 5 heterocycles. The standard InChI is InChI=1S/C95H118N24O20/c96-93(97)101-31-10-21-70(106-86(131)72(45-58-26-27-60-13-4-5-16-63(60)43-58)105-79(121)51-115-34-36-116(52-80(122)123)38-40-118(54-82(126)127)41-39-117(37-35-115)53-81(124)125)84(129)110-75(48-65-50-104-69-20-9-7-18-67(65)69)89(134)112-77(55-120)90(135)108-73(46-59-30-42-139-56-59)87(132)107-71(22-11-32-102-94(98)99)85(130)109-74(47-64-49-103-68-19-8-6-17-66(64)68)88(133)111-76(92(137)119-33-12-23-78(119)91(136)113-114-95(100)138)44-57-24-28-62(29-25-57)83(128)61-14-2-1-3-15-61/h1-9,13-20,24-30,42-43,49-50,56,70-78,103-104,120H,10-12,21-23,31-41,44-48,51-55H2,(H,105,121)(H,106,131)(H,107,132)(H,108,135)(H,109,130)(H,110,129)(H,111,133)(H,112,134)(H,113,136)(H,122,123)(H,124,125)(H,126,127)(H4,96,97,101)(H4,98,99,102)(H3,100,114,138)/t70-,71+,72-,73-,74-,75-,76+,77-,78-/m0/s1. The van der Waals surface area contributed by atoms with Gasteiger partial charge in [0, 0.05) is 149 Å². The zero-order chi connectivity index (χ0) is 99.6. The first kappa shape index (κ1) is 104. The number of aliphatic hydroxyl groups excluding tert-OH is 1. The van der Waals surface area contributed by atoms with Gasteiger partial charge in [-0.3, -0.25) is 103 Å². The van der Waals surface area contributed by atoms with Gasteiger partial charge in [0.15, 0.2) is 17.7 Å². The molecular formula is C95H118N24O20. The minimum absolute atomic E-state index is 0.00753. The maximum Gasteiger partial charge on any atom is 0.330 e. The number of aliphatic carboxylic acids is 3. The van der Waals surface area contributed by atoms with Crippen LogP contribution in [0.5, 0.6) is 0 Å². The number of ketones is 1. The predicted molar refractivity (Wildman–Crippen MR) is 509 cm³/mol. The lowest BCUT2D eigenvalue weighted by Gasteiger charge is -2.33. The molecule has 44 nitrogen and oxygen atoms in total. The average molecular weight is 1920 g/mol. The summed E-state index contributed by atoms with van der Waals surface area (Å²) < 4.78 is 5.38. The molecule has 2 aliphatic heterocycles. The number of likely N-dealkylation sites (tertiary alicyclic amines) is 1. The minimum Gasteiger partial charge on any atom is -0.480 e. The third kappa shape index (κ3) is 31.7. The summed E-state index contributed by atoms with van der Waals surface area (Å²) in [5, 5.41) is 86.8. The summed E-state index contributed by atoms with van der Waals surface area (Å²) in [5.41, 5.74) is 25.2. The average Bonchev–Trinajstić information content (AvgIpc) is 1.75. The molecule has 0 radical (unpaired) electrons. The second kappa shape index (κ2) is 51.3. The minimum atomic E-state index is -1.94. The van der Waals surface area contributed by atoms with Crippen molar-refractivity contribution in [2.75, 3.05) is 105 Å². The van der Waals surface area contributed by atoms with E-state index >= 15 is 38.4 Å². The second-order valence-electron chi connectivity index (χ2n) is 34.1. The number of rotatable bonds is 46. The first-order valence-corrected chi connectivity index (χ1v) is 45.5. The third-order valence-corrected chi connectivity index (χ3v) is 23.9. The molecular weight excluding hydrogens is 1800 g/mol. The van der Waals surface area contributed by atoms with Crippen LogP contribution in [0.3, 0.4) is 0 Å². The number of carbonyl (C=O) groups is 15. The third-order valence-electron chi connectivity index (χ3n) is 23.9. The largest absolute Gasteiger partial charge is 0.480 e. The number of aromatic amines is 2. The van der Waals surface area contributed by atoms with Crippen molar-refractivity contribution in [2.24, 2.45) is 17.2 Å². The summed E-state index contributed by atoms with van der Waals surface area (Å²) in [6.45, 7) is -2.25. The zero-order valence-corrected chi connectivity index (χ0v) is 76.3. The number of amides is 12. The molecule has 11 rings (SSSR count). The smallest absolute Gasteiger partial charge is 0.330 e. The Bertz CT molecular complexity index is 5810. The second-order valence-corrected chi connectivity index (χ2v) is 34.1. The highest BCUT2D eigenvalue weighted by Crippen LogP contribution is 2.26. The fraction of sp³-hybridized carbons (Fsp3) is 0.379. The van der Waals surface area contributed by atoms with Gasteiger partial charge in [0.05, 0.1) is 45.3 Å². The lowest BCUT2D eigenvalue weighted by molar-refractivity contribution is -0.142. The van der Waals surface area contributed by atoms with Gasteiger partial charge in [-0.05, 0) is 95.3 Å². The van der Waals surface area contributed by atoms with Crippen LogP contribution in [0.2, 0.25) is 0 Å². The number of urea groups is 1. The van der Waals surface area contributed by atoms with Gasteiger partial charge >= 0.3 is 23.9 Å². The number of para-hydroxylation sites is 2. The Hall–Kier alpha value is -15.7. The molecule has 12 amide bonds. The van der Waals surface area contributed by atoms with Gasteiger partial charge in [-0.1, -0.05) is 133 Å². The van der Waals surface area contributed by atoms with E-state index in [0.29, 0.717) is 67.2 Å². The van der Waals surface area contributed by atoms with E-state index in [0.717, 1.165) is 10.8 Å². The highest BCUT2D eigenvalue weighted by molar-refractivity contribution is 6.09. The molecule has 2 saturated heterocycles. The van der Waals surface area contributed by atoms with Crippen molar-refractivity contribution >= 4 is 133 Å². The number of nitrogens with zero attached hydrogens (tertiary/aromatic N) is 5. The van der Waals surface area contributed by atoms with Gasteiger partial charge < -0.3 is 110 Å². The van der Waals surface area contributed by atoms with Crippen molar-refractivity contribution in [3.8, 4) is 0 Å². The summed E-state index contributed by atoms with van der Waals surface area (Å²) in [6.07, 6.45) is 4.41. The Balaban J connectivity index is 0.855. The fourth-order valence-corrected chi connectivity index (χ4v) is 16.7. The van der Waals surface area contributed by atoms with E-state index in [1.165, 1.54) is 23.5 Å². The van der Waals surface area contributed by atoms with E-state index < -0.39 is 182 Å². The predicted octanol–water partition coefficient (Wildman–Crippen LogP) is -1.30. The van der Waals surface area contributed by atoms with Gasteiger partial charge in [0.25, 0.3) is 5.91 Å². The number of carbonyl (C=O) groups excluding carboxylic acids is 12. The first-order chi connectivity index (χ1) is 66.8. The van der Waals surface area contributed by atoms with Gasteiger partial charge in [-0.15, -0.1) is 0 Å². The molecule has 9 aromatic rings. The molecule has 26 N–H and O–H groups in total. The van der Waals surface area contributed by atoms with E-state index in [1.54, 1.807) is 141 Å². The van der Waals surface area contributed by atoms with Gasteiger partial charge in [-0.2, -0.15) is 0 Å². The van der Waals surface area contributed by atoms with Crippen molar-refractivity contribution < 1.29 is 96.8 Å². The van der Waals surface area contributed by atoms with Crippen LogP contribution in [-0.4, -0.2) is 315 Å². The van der Waals surface area contributed by atoms with E-state index in [-0.39, 0.29) is 142 Å². The van der Waals surface area contributed by atoms with Crippen molar-refractivity contribution in [2.45, 2.75) is 125 Å². The number of H-pyrrole nitrogens is 2. The van der Waals surface area contributed by atoms with Crippen LogP contribution in [0.1, 0.15) is 82.3 Å². The number of nitrogens with two attached hydrogens (primary N) is 3. The van der Waals surface area contributed by atoms with Gasteiger partial charge in [-0.25, -0.2) is 10.2 Å². The van der Waals surface area contributed by atoms with Crippen LogP contribution in [0.4, 0.5) is 4.79 Å². The monoisotopic (exact) mass is 1910 g/mol. The number of nitrogens with one attached hydrogen (secondary N) is 16. The molecule has 44 heteroatoms. The van der Waals surface area contributed by atoms with Gasteiger partial charge in [0.1, 0.15) is 54.4 Å². The van der Waals surface area contributed by atoms with E-state index in [4.69, 9.17) is 32.4 Å². The molecule has 738 valence electrons. The van der Waals surface area contributed by atoms with Crippen molar-refractivity contribution in [1.29, 1.82) is 10.8 Å². The summed E-state index contributed by atoms with van der Waals surface area (Å²) >= 11 is 0. The van der Waals surface area contributed by atoms with Crippen molar-refractivity contribution in [3.63, 3.8) is 0 Å². The molecule has 139 heavy (non-hydrogen) atoms. The number of guanidine groups is 2. The van der Waals surface area contributed by atoms with E-state index in [2.05, 4.69) is 68.6 Å². The van der Waals surface area contributed by atoms with Crippen LogP contribution in [0, 0.1) is 10.8 Å². The number of aromatic nitrogens is 2. The Labute approximate surface area is 798 Å². The van der Waals surface area contributed by atoms with Crippen LogP contribution >= 0.6 is 0 Å². The molecule has 0 saturated carbocycles. The molecule has 0 unspecified atom stereocenters. The summed E-state index contributed by atoms with van der Waals surface area (Å²) in [4.78, 5) is 227. The Kier molecular flexibility index (Phi) is 38.3. The first-order valence-electron chi connectivity index (χ1n) is 45.5. The number of primary amides is 1. The molecule has 2 aliphatic rings. The number of benzene rings is 6. The Morgan fingerprint density at radius 3 is 1.31 bits per heavy atom. The number of hydrogen-bond acceptors (Lipinski definition) is 23. The normalized spacial score (nSPS) is 15.7. The highest BCUT2D eigenvalue weighted by atomic mass is 16.4. The zero-order valence-electron chi connectivity index (χ0n) is 76.3. The molecule has 0 bridgehead atoms. The SMILES string of the molecule is N=C(N)NCCC[C@H](NC(=O)[C@H](Cc1ccc2ccccc2c1)NC(=O)CN1CCN(CC(=O)O)CCN(CC(=O)O)CCN(CC(=O)O)CC1)C(=O)N[C@@H](Cc1c[nH]c2ccccc12)C(=O)N[C@@H](CO)C(=O)N[C@@H](Cc1ccoc1)C(=O)N[C@H](CCCNC(=N)N)C(=O)N[C@@H](Cc1c[nH]c2ccccc12)C(=O)N[C@H](Cc1ccc(C(=O)c2ccccc2)cc1)C(=O)N1CCC[C@H]1C(=O)NNC(N)=O. The van der Waals surface area contributed by atoms with Crippen molar-refractivity contribution in [3.05, 3.63) is 216 Å². The summed E-state index contributed by atoms with van der Waals surface area (Å²) in [6, 6.07) is 27.8. The van der Waals surface area contributed by atoms with Crippen LogP contribution in [0.15, 0.2) is 181 Å². The lowest BCUT2D eigenvalue weighted by atomic mass is 9.98. The summed E-state index contributed by atoms with van der Waals surface area (Å²) in [5.74, 6) is -14.0. The summed E-state index contributed by atoms with van der Waals surface area (Å²) in [7, 11) is 0. The number of hydrogen-bond donors (Lipinski definition) is 23. The van der Waals surface area contributed by atoms with Gasteiger partial charge in [0.2, 0.25) is 53.2 Å². The maximum absolute atomic E-state index is 15.5. The molecule has 0 spiro atoms. The number of hydrazine groups is 1. The van der Waals surface area contributed by atoms with E-state index in [9.17, 15) is 54.0 Å². The van der Waals surface area contributed by atoms with E-state index in [1.807, 2.05) is 41.8 Å². The number of aliphatic hydroxyl groups is 1. The molecule has 6 aromatic carbocycles. The highest BCUT2D eigenvalue weighted by Gasteiger charge is 2.41.